The van der Waals surface area contributed by atoms with Crippen molar-refractivity contribution in [3.8, 4) is 0 Å². The number of hydrogen-bond acceptors (Lipinski definition) is 4. The highest BCUT2D eigenvalue weighted by Crippen LogP contribution is 2.34. The number of benzene rings is 1. The Morgan fingerprint density at radius 2 is 2.07 bits per heavy atom. The lowest BCUT2D eigenvalue weighted by Gasteiger charge is -2.29. The van der Waals surface area contributed by atoms with Crippen LogP contribution in [0.15, 0.2) is 24.3 Å². The average Bonchev–Trinajstić information content (AvgIpc) is 2.14. The maximum Gasteiger partial charge on any atom is 0.0788 e. The van der Waals surface area contributed by atoms with E-state index in [0.29, 0.717) is 12.1 Å². The van der Waals surface area contributed by atoms with Gasteiger partial charge in [0.1, 0.15) is 0 Å². The molecule has 1 aromatic rings. The molecule has 1 aromatic carbocycles. The topological polar surface area (TPSA) is 72.7 Å². The van der Waals surface area contributed by atoms with Crippen LogP contribution in [0.5, 0.6) is 0 Å². The van der Waals surface area contributed by atoms with Gasteiger partial charge in [-0.25, -0.2) is 0 Å². The zero-order valence-corrected chi connectivity index (χ0v) is 9.66. The molecule has 0 heterocycles. The molecule has 15 heavy (non-hydrogen) atoms. The third-order valence-corrected chi connectivity index (χ3v) is 2.59. The van der Waals surface area contributed by atoms with Crippen molar-refractivity contribution in [2.24, 2.45) is 0 Å². The van der Waals surface area contributed by atoms with E-state index in [1.54, 1.807) is 24.3 Å². The van der Waals surface area contributed by atoms with Gasteiger partial charge in [-0.1, -0.05) is 19.1 Å². The molecule has 0 spiro atoms. The van der Waals surface area contributed by atoms with Gasteiger partial charge in [-0.3, -0.25) is 13.8 Å². The molecule has 0 aromatic heterocycles. The van der Waals surface area contributed by atoms with Gasteiger partial charge in [0.2, 0.25) is 0 Å². The molecule has 0 amide bonds. The Labute approximate surface area is 91.4 Å². The van der Waals surface area contributed by atoms with Crippen LogP contribution in [0.2, 0.25) is 0 Å². The summed E-state index contributed by atoms with van der Waals surface area (Å²) in [5.74, 6) is 0. The van der Waals surface area contributed by atoms with Crippen molar-refractivity contribution in [1.29, 1.82) is 0 Å². The fourth-order valence-corrected chi connectivity index (χ4v) is 1.84. The summed E-state index contributed by atoms with van der Waals surface area (Å²) < 4.78 is 21.0. The van der Waals surface area contributed by atoms with Crippen LogP contribution in [0, 0.1) is 0 Å². The largest absolute Gasteiger partial charge is 0.388 e. The highest BCUT2D eigenvalue weighted by molar-refractivity contribution is 8.24. The Morgan fingerprint density at radius 3 is 2.60 bits per heavy atom. The second kappa shape index (κ2) is 4.85. The van der Waals surface area contributed by atoms with E-state index in [-0.39, 0.29) is 0 Å². The van der Waals surface area contributed by atoms with Crippen molar-refractivity contribution >= 4 is 16.5 Å². The maximum absolute atomic E-state index is 9.61. The van der Waals surface area contributed by atoms with Crippen molar-refractivity contribution in [3.63, 3.8) is 0 Å². The smallest absolute Gasteiger partial charge is 0.0788 e. The third-order valence-electron chi connectivity index (χ3n) is 1.97. The first-order chi connectivity index (χ1) is 6.92. The van der Waals surface area contributed by atoms with Crippen molar-refractivity contribution in [3.05, 3.63) is 29.8 Å². The Kier molecular flexibility index (Phi) is 3.98. The molecular formula is C10H17NO3S. The predicted molar refractivity (Wildman–Crippen MR) is 64.1 cm³/mol. The Hall–Kier alpha value is -0.750. The summed E-state index contributed by atoms with van der Waals surface area (Å²) in [7, 11) is -2.76. The highest BCUT2D eigenvalue weighted by atomic mass is 32.3. The molecule has 86 valence electrons. The van der Waals surface area contributed by atoms with Crippen LogP contribution in [-0.4, -0.2) is 20.5 Å². The molecular weight excluding hydrogens is 214 g/mol. The van der Waals surface area contributed by atoms with E-state index in [9.17, 15) is 14.2 Å². The number of aliphatic hydroxyl groups is 1. The van der Waals surface area contributed by atoms with Crippen LogP contribution in [-0.2, 0) is 0 Å². The van der Waals surface area contributed by atoms with E-state index < -0.39 is 16.9 Å². The second-order valence-electron chi connectivity index (χ2n) is 3.49. The van der Waals surface area contributed by atoms with Gasteiger partial charge in [-0.15, -0.1) is 10.8 Å². The summed E-state index contributed by atoms with van der Waals surface area (Å²) in [6.45, 7) is 1.89. The van der Waals surface area contributed by atoms with Gasteiger partial charge in [-0.2, -0.15) is 0 Å². The minimum atomic E-state index is -2.76. The van der Waals surface area contributed by atoms with Gasteiger partial charge in [-0.05, 0) is 24.1 Å². The van der Waals surface area contributed by atoms with Crippen LogP contribution in [0.1, 0.15) is 25.0 Å². The van der Waals surface area contributed by atoms with Gasteiger partial charge in [0.15, 0.2) is 0 Å². The molecule has 0 aliphatic carbocycles. The van der Waals surface area contributed by atoms with E-state index in [2.05, 4.69) is 4.72 Å². The molecule has 0 aliphatic heterocycles. The molecule has 1 atom stereocenters. The molecule has 0 bridgehead atoms. The van der Waals surface area contributed by atoms with Crippen molar-refractivity contribution in [1.82, 2.24) is 0 Å². The van der Waals surface area contributed by atoms with Crippen molar-refractivity contribution in [2.45, 2.75) is 19.4 Å². The molecule has 0 aliphatic rings. The van der Waals surface area contributed by atoms with Gasteiger partial charge >= 0.3 is 0 Å². The molecule has 0 unspecified atom stereocenters. The van der Waals surface area contributed by atoms with Gasteiger partial charge in [0, 0.05) is 6.26 Å². The third kappa shape index (κ3) is 4.09. The molecule has 0 saturated heterocycles. The molecule has 0 saturated carbocycles. The summed E-state index contributed by atoms with van der Waals surface area (Å²) in [6, 6.07) is 7.01. The summed E-state index contributed by atoms with van der Waals surface area (Å²) in [5.41, 5.74) is 1.37. The normalized spacial score (nSPS) is 14.7. The first-order valence-electron chi connectivity index (χ1n) is 4.71. The Morgan fingerprint density at radius 1 is 1.40 bits per heavy atom. The van der Waals surface area contributed by atoms with Crippen molar-refractivity contribution in [2.75, 3.05) is 11.0 Å². The minimum Gasteiger partial charge on any atom is -0.388 e. The predicted octanol–water partition coefficient (Wildman–Crippen LogP) is 2.84. The standard InChI is InChI=1S/C10H17NO3S/c1-3-10(12)8-5-4-6-9(7-8)11-15(2,13)14/h4-7,10-14H,3H2,1-2H3/t10-/m0/s1. The molecule has 1 rings (SSSR count). The zero-order valence-electron chi connectivity index (χ0n) is 8.84. The number of anilines is 1. The Bertz CT molecular complexity index is 325. The number of nitrogens with one attached hydrogen (secondary N) is 1. The molecule has 4 N–H and O–H groups in total. The van der Waals surface area contributed by atoms with Gasteiger partial charge in [0.05, 0.1) is 11.8 Å². The van der Waals surface area contributed by atoms with Crippen LogP contribution >= 0.6 is 10.8 Å². The van der Waals surface area contributed by atoms with Crippen LogP contribution in [0.25, 0.3) is 0 Å². The van der Waals surface area contributed by atoms with Crippen LogP contribution < -0.4 is 4.72 Å². The Balaban J connectivity index is 2.83. The molecule has 0 radical (unpaired) electrons. The quantitative estimate of drug-likeness (QED) is 0.643. The minimum absolute atomic E-state index is 0.509. The van der Waals surface area contributed by atoms with Gasteiger partial charge in [0.25, 0.3) is 0 Å². The number of rotatable bonds is 4. The monoisotopic (exact) mass is 231 g/mol. The van der Waals surface area contributed by atoms with Crippen LogP contribution in [0.3, 0.4) is 0 Å². The van der Waals surface area contributed by atoms with E-state index in [1.165, 1.54) is 6.26 Å². The fourth-order valence-electron chi connectivity index (χ4n) is 1.27. The van der Waals surface area contributed by atoms with E-state index in [1.807, 2.05) is 6.92 Å². The SMILES string of the molecule is CC[C@H](O)c1cccc(NS(C)(O)O)c1. The average molecular weight is 231 g/mol. The van der Waals surface area contributed by atoms with Crippen molar-refractivity contribution < 1.29 is 14.2 Å². The zero-order chi connectivity index (χ0) is 11.5. The van der Waals surface area contributed by atoms with Gasteiger partial charge < -0.3 is 5.11 Å². The van der Waals surface area contributed by atoms with Crippen LogP contribution in [0.4, 0.5) is 5.69 Å². The lowest BCUT2D eigenvalue weighted by atomic mass is 10.1. The molecule has 5 heteroatoms. The van der Waals surface area contributed by atoms with E-state index >= 15 is 0 Å². The van der Waals surface area contributed by atoms with E-state index in [0.717, 1.165) is 5.56 Å². The summed E-state index contributed by atoms with van der Waals surface area (Å²) >= 11 is 0. The van der Waals surface area contributed by atoms with E-state index in [4.69, 9.17) is 0 Å². The number of hydrogen-bond donors (Lipinski definition) is 4. The molecule has 0 fully saturated rings. The second-order valence-corrected chi connectivity index (χ2v) is 5.36. The highest BCUT2D eigenvalue weighted by Gasteiger charge is 2.07. The lowest BCUT2D eigenvalue weighted by Crippen LogP contribution is -2.07. The molecule has 4 nitrogen and oxygen atoms in total. The maximum atomic E-state index is 9.61. The lowest BCUT2D eigenvalue weighted by molar-refractivity contribution is 0.174. The number of aliphatic hydroxyl groups excluding tert-OH is 1. The summed E-state index contributed by atoms with van der Waals surface area (Å²) in [5, 5.41) is 9.61. The fraction of sp³-hybridized carbons (Fsp3) is 0.400. The summed E-state index contributed by atoms with van der Waals surface area (Å²) in [4.78, 5) is 0. The first kappa shape index (κ1) is 12.3. The summed E-state index contributed by atoms with van der Waals surface area (Å²) in [6.07, 6.45) is 1.44. The first-order valence-corrected chi connectivity index (χ1v) is 6.67.